The fourth-order valence-corrected chi connectivity index (χ4v) is 5.10. The van der Waals surface area contributed by atoms with Gasteiger partial charge in [0.1, 0.15) is 10.8 Å². The number of rotatable bonds is 9. The summed E-state index contributed by atoms with van der Waals surface area (Å²) in [5, 5.41) is 14.2. The van der Waals surface area contributed by atoms with E-state index in [0.29, 0.717) is 23.6 Å². The number of benzene rings is 1. The van der Waals surface area contributed by atoms with Gasteiger partial charge >= 0.3 is 5.97 Å². The van der Waals surface area contributed by atoms with Crippen molar-refractivity contribution >= 4 is 33.8 Å². The van der Waals surface area contributed by atoms with Gasteiger partial charge in [0, 0.05) is 37.8 Å². The van der Waals surface area contributed by atoms with E-state index in [4.69, 9.17) is 9.47 Å². The van der Waals surface area contributed by atoms with Crippen molar-refractivity contribution in [2.75, 3.05) is 30.0 Å². The van der Waals surface area contributed by atoms with Gasteiger partial charge < -0.3 is 19.7 Å². The van der Waals surface area contributed by atoms with Gasteiger partial charge in [0.05, 0.1) is 17.3 Å². The zero-order valence-corrected chi connectivity index (χ0v) is 19.7. The molecule has 7 nitrogen and oxygen atoms in total. The maximum absolute atomic E-state index is 12.3. The molecule has 1 aromatic carbocycles. The first-order valence-electron chi connectivity index (χ1n) is 11.9. The van der Waals surface area contributed by atoms with Crippen LogP contribution in [0.3, 0.4) is 0 Å². The van der Waals surface area contributed by atoms with Crippen LogP contribution >= 0.6 is 11.3 Å². The van der Waals surface area contributed by atoms with Crippen LogP contribution in [-0.2, 0) is 9.53 Å². The predicted octanol–water partition coefficient (Wildman–Crippen LogP) is 5.12. The van der Waals surface area contributed by atoms with Crippen molar-refractivity contribution in [3.63, 3.8) is 0 Å². The molecule has 0 bridgehead atoms. The second-order valence-electron chi connectivity index (χ2n) is 9.61. The number of carbonyl (C=O) groups is 1. The van der Waals surface area contributed by atoms with E-state index in [1.807, 2.05) is 12.1 Å². The highest BCUT2D eigenvalue weighted by Crippen LogP contribution is 2.43. The molecule has 1 aromatic heterocycles. The number of nitrogens with zero attached hydrogens (tertiary/aromatic N) is 3. The molecule has 32 heavy (non-hydrogen) atoms. The van der Waals surface area contributed by atoms with Crippen LogP contribution in [0, 0.1) is 11.8 Å². The van der Waals surface area contributed by atoms with E-state index in [2.05, 4.69) is 40.3 Å². The van der Waals surface area contributed by atoms with Crippen LogP contribution in [0.15, 0.2) is 18.2 Å². The van der Waals surface area contributed by atoms with Crippen LogP contribution in [0.4, 0.5) is 16.5 Å². The lowest BCUT2D eigenvalue weighted by Gasteiger charge is -2.38. The molecule has 8 heteroatoms. The molecule has 2 saturated carbocycles. The van der Waals surface area contributed by atoms with Crippen LogP contribution < -0.4 is 15.0 Å². The Morgan fingerprint density at radius 2 is 1.97 bits per heavy atom. The topological polar surface area (TPSA) is 76.6 Å². The van der Waals surface area contributed by atoms with Crippen LogP contribution in [-0.4, -0.2) is 42.0 Å². The second-order valence-corrected chi connectivity index (χ2v) is 10.6. The Bertz CT molecular complexity index is 948. The van der Waals surface area contributed by atoms with E-state index in [1.54, 1.807) is 11.3 Å². The minimum absolute atomic E-state index is 0.0648. The summed E-state index contributed by atoms with van der Waals surface area (Å²) in [6.45, 7) is 7.03. The number of nitrogens with one attached hydrogen (secondary N) is 1. The SMILES string of the molecule is CC(C)CN(c1ccc(OC(=O)C2CC2)cc1Nc1nnc(C2CC2)s1)C1CCOCC1. The average Bonchev–Trinajstić information content (AvgIpc) is 3.71. The fraction of sp³-hybridized carbons (Fsp3) is 0.625. The Morgan fingerprint density at radius 3 is 2.66 bits per heavy atom. The van der Waals surface area contributed by atoms with Gasteiger partial charge in [-0.15, -0.1) is 10.2 Å². The molecule has 0 amide bonds. The van der Waals surface area contributed by atoms with Crippen molar-refractivity contribution < 1.29 is 14.3 Å². The van der Waals surface area contributed by atoms with Gasteiger partial charge in [-0.2, -0.15) is 0 Å². The molecule has 0 unspecified atom stereocenters. The average molecular weight is 457 g/mol. The number of ether oxygens (including phenoxy) is 2. The molecule has 1 saturated heterocycles. The highest BCUT2D eigenvalue weighted by molar-refractivity contribution is 7.15. The number of carbonyl (C=O) groups excluding carboxylic acids is 1. The molecule has 1 N–H and O–H groups in total. The number of hydrogen-bond acceptors (Lipinski definition) is 8. The van der Waals surface area contributed by atoms with Crippen LogP contribution in [0.5, 0.6) is 5.75 Å². The molecule has 3 fully saturated rings. The third-order valence-corrected chi connectivity index (χ3v) is 7.21. The summed E-state index contributed by atoms with van der Waals surface area (Å²) in [5.74, 6) is 1.61. The van der Waals surface area contributed by atoms with Crippen LogP contribution in [0.25, 0.3) is 0 Å². The van der Waals surface area contributed by atoms with Gasteiger partial charge in [-0.25, -0.2) is 0 Å². The highest BCUT2D eigenvalue weighted by atomic mass is 32.1. The standard InChI is InChI=1S/C24H32N4O3S/c1-15(2)14-28(18-9-11-30-12-10-18)21-8-7-19(31-23(29)17-5-6-17)13-20(21)25-24-27-26-22(32-24)16-3-4-16/h7-8,13,15-18H,3-6,9-12,14H2,1-2H3,(H,25,27). The number of anilines is 3. The minimum Gasteiger partial charge on any atom is -0.426 e. The smallest absolute Gasteiger partial charge is 0.314 e. The Hall–Kier alpha value is -2.19. The van der Waals surface area contributed by atoms with Gasteiger partial charge in [-0.1, -0.05) is 25.2 Å². The van der Waals surface area contributed by atoms with Crippen molar-refractivity contribution in [1.82, 2.24) is 10.2 Å². The Morgan fingerprint density at radius 1 is 1.19 bits per heavy atom. The van der Waals surface area contributed by atoms with E-state index < -0.39 is 0 Å². The quantitative estimate of drug-likeness (QED) is 0.415. The monoisotopic (exact) mass is 456 g/mol. The maximum atomic E-state index is 12.3. The second kappa shape index (κ2) is 9.35. The molecular formula is C24H32N4O3S. The number of hydrogen-bond donors (Lipinski definition) is 1. The molecule has 5 rings (SSSR count). The normalized spacial score (nSPS) is 19.2. The summed E-state index contributed by atoms with van der Waals surface area (Å²) >= 11 is 1.62. The number of aromatic nitrogens is 2. The molecule has 2 aliphatic carbocycles. The van der Waals surface area contributed by atoms with Crippen molar-refractivity contribution in [1.29, 1.82) is 0 Å². The van der Waals surface area contributed by atoms with E-state index in [0.717, 1.165) is 67.0 Å². The largest absolute Gasteiger partial charge is 0.426 e. The summed E-state index contributed by atoms with van der Waals surface area (Å²) in [7, 11) is 0. The van der Waals surface area contributed by atoms with Crippen molar-refractivity contribution in [2.24, 2.45) is 11.8 Å². The predicted molar refractivity (Wildman–Crippen MR) is 126 cm³/mol. The molecule has 172 valence electrons. The first-order valence-corrected chi connectivity index (χ1v) is 12.7. The Balaban J connectivity index is 1.45. The first kappa shape index (κ1) is 21.6. The highest BCUT2D eigenvalue weighted by Gasteiger charge is 2.32. The third-order valence-electron chi connectivity index (χ3n) is 6.21. The molecule has 1 aliphatic heterocycles. The summed E-state index contributed by atoms with van der Waals surface area (Å²) in [6.07, 6.45) is 6.30. The van der Waals surface area contributed by atoms with E-state index in [-0.39, 0.29) is 11.9 Å². The summed E-state index contributed by atoms with van der Waals surface area (Å²) in [6, 6.07) is 6.37. The maximum Gasteiger partial charge on any atom is 0.314 e. The zero-order chi connectivity index (χ0) is 22.1. The van der Waals surface area contributed by atoms with E-state index in [9.17, 15) is 4.79 Å². The lowest BCUT2D eigenvalue weighted by Crippen LogP contribution is -2.42. The third kappa shape index (κ3) is 5.23. The van der Waals surface area contributed by atoms with Gasteiger partial charge in [0.2, 0.25) is 5.13 Å². The Labute approximate surface area is 193 Å². The molecule has 2 heterocycles. The van der Waals surface area contributed by atoms with Crippen LogP contribution in [0.1, 0.15) is 63.3 Å². The lowest BCUT2D eigenvalue weighted by atomic mass is 10.0. The molecule has 3 aliphatic rings. The van der Waals surface area contributed by atoms with Crippen LogP contribution in [0.2, 0.25) is 0 Å². The van der Waals surface area contributed by atoms with Gasteiger partial charge in [-0.05, 0) is 56.6 Å². The summed E-state index contributed by atoms with van der Waals surface area (Å²) < 4.78 is 11.3. The van der Waals surface area contributed by atoms with E-state index >= 15 is 0 Å². The molecule has 0 radical (unpaired) electrons. The molecular weight excluding hydrogens is 424 g/mol. The fourth-order valence-electron chi connectivity index (χ4n) is 4.18. The van der Waals surface area contributed by atoms with E-state index in [1.165, 1.54) is 12.8 Å². The number of esters is 1. The van der Waals surface area contributed by atoms with Gasteiger partial charge in [0.15, 0.2) is 0 Å². The lowest BCUT2D eigenvalue weighted by molar-refractivity contribution is -0.135. The van der Waals surface area contributed by atoms with Gasteiger partial charge in [-0.3, -0.25) is 4.79 Å². The minimum atomic E-state index is -0.126. The van der Waals surface area contributed by atoms with Crippen molar-refractivity contribution in [2.45, 2.75) is 64.3 Å². The summed E-state index contributed by atoms with van der Waals surface area (Å²) in [5.41, 5.74) is 2.02. The van der Waals surface area contributed by atoms with Crippen molar-refractivity contribution in [3.8, 4) is 5.75 Å². The Kier molecular flexibility index (Phi) is 6.33. The van der Waals surface area contributed by atoms with Gasteiger partial charge in [0.25, 0.3) is 0 Å². The first-order chi connectivity index (χ1) is 15.6. The summed E-state index contributed by atoms with van der Waals surface area (Å²) in [4.78, 5) is 14.7. The molecule has 2 aromatic rings. The molecule has 0 atom stereocenters. The molecule has 0 spiro atoms. The van der Waals surface area contributed by atoms with Crippen molar-refractivity contribution in [3.05, 3.63) is 23.2 Å². The zero-order valence-electron chi connectivity index (χ0n) is 18.9.